The molecule has 112 valence electrons. The Bertz CT molecular complexity index is 472. The zero-order valence-corrected chi connectivity index (χ0v) is 11.8. The van der Waals surface area contributed by atoms with Gasteiger partial charge >= 0.3 is 6.18 Å². The predicted octanol–water partition coefficient (Wildman–Crippen LogP) is 3.20. The van der Waals surface area contributed by atoms with Crippen molar-refractivity contribution < 1.29 is 18.0 Å². The van der Waals surface area contributed by atoms with Crippen LogP contribution in [-0.2, 0) is 17.4 Å². The number of aryl methyl sites for hydroxylation is 1. The van der Waals surface area contributed by atoms with E-state index < -0.39 is 11.7 Å². The molecule has 0 radical (unpaired) electrons. The monoisotopic (exact) mass is 288 g/mol. The fourth-order valence-corrected chi connectivity index (χ4v) is 1.80. The minimum absolute atomic E-state index is 0.190. The normalized spacial score (nSPS) is 13.1. The van der Waals surface area contributed by atoms with Crippen LogP contribution in [0.25, 0.3) is 0 Å². The van der Waals surface area contributed by atoms with Gasteiger partial charge in [0, 0.05) is 18.7 Å². The van der Waals surface area contributed by atoms with E-state index in [1.54, 1.807) is 7.05 Å². The molecule has 0 heterocycles. The number of carbonyl (C=O) groups is 1. The summed E-state index contributed by atoms with van der Waals surface area (Å²) >= 11 is 0. The molecule has 0 aromatic heterocycles. The third-order valence-corrected chi connectivity index (χ3v) is 3.08. The number of rotatable bonds is 5. The Hall–Kier alpha value is -1.56. The number of nitrogens with one attached hydrogen (secondary N) is 2. The first kappa shape index (κ1) is 16.5. The van der Waals surface area contributed by atoms with Crippen molar-refractivity contribution in [1.29, 1.82) is 0 Å². The SMILES string of the molecule is CNC(C)CCc1cc(C(F)(F)F)ccc1NC(C)=O. The van der Waals surface area contributed by atoms with Gasteiger partial charge < -0.3 is 10.6 Å². The topological polar surface area (TPSA) is 41.1 Å². The van der Waals surface area contributed by atoms with Crippen molar-refractivity contribution in [3.8, 4) is 0 Å². The summed E-state index contributed by atoms with van der Waals surface area (Å²) in [5.41, 5.74) is 0.240. The molecule has 0 aliphatic heterocycles. The largest absolute Gasteiger partial charge is 0.416 e. The number of halogens is 3. The van der Waals surface area contributed by atoms with Crippen LogP contribution in [0.1, 0.15) is 31.4 Å². The predicted molar refractivity (Wildman–Crippen MR) is 72.6 cm³/mol. The van der Waals surface area contributed by atoms with E-state index in [0.717, 1.165) is 12.1 Å². The van der Waals surface area contributed by atoms with E-state index in [4.69, 9.17) is 0 Å². The van der Waals surface area contributed by atoms with E-state index in [9.17, 15) is 18.0 Å². The van der Waals surface area contributed by atoms with Gasteiger partial charge in [-0.15, -0.1) is 0 Å². The molecule has 3 nitrogen and oxygen atoms in total. The van der Waals surface area contributed by atoms with Gasteiger partial charge in [0.25, 0.3) is 0 Å². The third-order valence-electron chi connectivity index (χ3n) is 3.08. The number of hydrogen-bond acceptors (Lipinski definition) is 2. The molecule has 0 spiro atoms. The quantitative estimate of drug-likeness (QED) is 0.873. The summed E-state index contributed by atoms with van der Waals surface area (Å²) in [6.07, 6.45) is -3.23. The Morgan fingerprint density at radius 2 is 2.00 bits per heavy atom. The van der Waals surface area contributed by atoms with Gasteiger partial charge in [-0.3, -0.25) is 4.79 Å². The second-order valence-corrected chi connectivity index (χ2v) is 4.78. The van der Waals surface area contributed by atoms with Gasteiger partial charge in [0.05, 0.1) is 5.56 Å². The first-order valence-corrected chi connectivity index (χ1v) is 6.39. The van der Waals surface area contributed by atoms with E-state index >= 15 is 0 Å². The number of anilines is 1. The molecule has 0 saturated carbocycles. The van der Waals surface area contributed by atoms with Crippen LogP contribution in [0.3, 0.4) is 0 Å². The third kappa shape index (κ3) is 4.85. The maximum atomic E-state index is 12.7. The standard InChI is InChI=1S/C14H19F3N2O/c1-9(18-3)4-5-11-8-12(14(15,16)17)6-7-13(11)19-10(2)20/h6-9,18H,4-5H2,1-3H3,(H,19,20). The molecule has 1 atom stereocenters. The van der Waals surface area contributed by atoms with Crippen molar-refractivity contribution in [3.05, 3.63) is 29.3 Å². The molecular weight excluding hydrogens is 269 g/mol. The van der Waals surface area contributed by atoms with Crippen molar-refractivity contribution in [3.63, 3.8) is 0 Å². The Balaban J connectivity index is 3.02. The molecule has 1 rings (SSSR count). The van der Waals surface area contributed by atoms with Gasteiger partial charge in [0.1, 0.15) is 0 Å². The van der Waals surface area contributed by atoms with Crippen LogP contribution in [-0.4, -0.2) is 19.0 Å². The minimum Gasteiger partial charge on any atom is -0.326 e. The summed E-state index contributed by atoms with van der Waals surface area (Å²) < 4.78 is 38.2. The molecule has 0 bridgehead atoms. The lowest BCUT2D eigenvalue weighted by Crippen LogP contribution is -2.22. The lowest BCUT2D eigenvalue weighted by Gasteiger charge is -2.15. The number of carbonyl (C=O) groups excluding carboxylic acids is 1. The van der Waals surface area contributed by atoms with Gasteiger partial charge in [-0.2, -0.15) is 13.2 Å². The fourth-order valence-electron chi connectivity index (χ4n) is 1.80. The zero-order valence-electron chi connectivity index (χ0n) is 11.8. The summed E-state index contributed by atoms with van der Waals surface area (Å²) in [4.78, 5) is 11.1. The van der Waals surface area contributed by atoms with Gasteiger partial charge in [-0.25, -0.2) is 0 Å². The van der Waals surface area contributed by atoms with Gasteiger partial charge in [-0.05, 0) is 50.6 Å². The average Bonchev–Trinajstić information content (AvgIpc) is 2.35. The number of alkyl halides is 3. The van der Waals surface area contributed by atoms with Gasteiger partial charge in [-0.1, -0.05) is 0 Å². The highest BCUT2D eigenvalue weighted by Gasteiger charge is 2.31. The maximum absolute atomic E-state index is 12.7. The summed E-state index contributed by atoms with van der Waals surface area (Å²) in [5, 5.41) is 5.60. The van der Waals surface area contributed by atoms with Crippen LogP contribution < -0.4 is 10.6 Å². The second-order valence-electron chi connectivity index (χ2n) is 4.78. The van der Waals surface area contributed by atoms with Crippen LogP contribution in [0, 0.1) is 0 Å². The second kappa shape index (κ2) is 6.74. The highest BCUT2D eigenvalue weighted by molar-refractivity contribution is 5.89. The molecule has 0 aliphatic rings. The lowest BCUT2D eigenvalue weighted by atomic mass is 10.0. The molecule has 20 heavy (non-hydrogen) atoms. The molecule has 1 amide bonds. The highest BCUT2D eigenvalue weighted by atomic mass is 19.4. The van der Waals surface area contributed by atoms with Crippen LogP contribution in [0.4, 0.5) is 18.9 Å². The first-order valence-electron chi connectivity index (χ1n) is 6.39. The Labute approximate surface area is 116 Å². The van der Waals surface area contributed by atoms with E-state index in [1.807, 2.05) is 6.92 Å². The minimum atomic E-state index is -4.38. The molecule has 0 aliphatic carbocycles. The molecule has 2 N–H and O–H groups in total. The zero-order chi connectivity index (χ0) is 15.3. The van der Waals surface area contributed by atoms with Crippen LogP contribution in [0.15, 0.2) is 18.2 Å². The van der Waals surface area contributed by atoms with E-state index in [-0.39, 0.29) is 11.9 Å². The molecule has 0 fully saturated rings. The molecule has 1 aromatic carbocycles. The van der Waals surface area contributed by atoms with Crippen LogP contribution in [0.5, 0.6) is 0 Å². The number of hydrogen-bond donors (Lipinski definition) is 2. The lowest BCUT2D eigenvalue weighted by molar-refractivity contribution is -0.137. The summed E-state index contributed by atoms with van der Waals surface area (Å²) in [6, 6.07) is 3.59. The van der Waals surface area contributed by atoms with Crippen molar-refractivity contribution in [2.45, 2.75) is 38.9 Å². The Kier molecular flexibility index (Phi) is 5.56. The average molecular weight is 288 g/mol. The summed E-state index contributed by atoms with van der Waals surface area (Å²) in [7, 11) is 1.80. The van der Waals surface area contributed by atoms with Crippen LogP contribution >= 0.6 is 0 Å². The fraction of sp³-hybridized carbons (Fsp3) is 0.500. The summed E-state index contributed by atoms with van der Waals surface area (Å²) in [5.74, 6) is -0.298. The maximum Gasteiger partial charge on any atom is 0.416 e. The van der Waals surface area contributed by atoms with E-state index in [0.29, 0.717) is 24.1 Å². The van der Waals surface area contributed by atoms with Crippen molar-refractivity contribution in [1.82, 2.24) is 5.32 Å². The van der Waals surface area contributed by atoms with E-state index in [2.05, 4.69) is 10.6 Å². The molecule has 1 aromatic rings. The molecule has 0 saturated heterocycles. The van der Waals surface area contributed by atoms with Gasteiger partial charge in [0.2, 0.25) is 5.91 Å². The molecule has 1 unspecified atom stereocenters. The highest BCUT2D eigenvalue weighted by Crippen LogP contribution is 2.32. The number of amides is 1. The van der Waals surface area contributed by atoms with Crippen LogP contribution in [0.2, 0.25) is 0 Å². The Morgan fingerprint density at radius 1 is 1.35 bits per heavy atom. The first-order chi connectivity index (χ1) is 9.24. The van der Waals surface area contributed by atoms with Crippen molar-refractivity contribution in [2.75, 3.05) is 12.4 Å². The van der Waals surface area contributed by atoms with Crippen molar-refractivity contribution >= 4 is 11.6 Å². The van der Waals surface area contributed by atoms with Gasteiger partial charge in [0.15, 0.2) is 0 Å². The smallest absolute Gasteiger partial charge is 0.326 e. The molecular formula is C14H19F3N2O. The van der Waals surface area contributed by atoms with E-state index in [1.165, 1.54) is 13.0 Å². The Morgan fingerprint density at radius 3 is 2.50 bits per heavy atom. The molecule has 6 heteroatoms. The van der Waals surface area contributed by atoms with Crippen molar-refractivity contribution in [2.24, 2.45) is 0 Å². The summed E-state index contributed by atoms with van der Waals surface area (Å²) in [6.45, 7) is 3.28. The number of benzene rings is 1.